The van der Waals surface area contributed by atoms with Crippen LogP contribution in [-0.2, 0) is 21.9 Å². The number of nitrogens with zero attached hydrogens (tertiary/aromatic N) is 5. The number of rotatable bonds is 4. The zero-order valence-electron chi connectivity index (χ0n) is 23.8. The second-order valence-electron chi connectivity index (χ2n) is 10.6. The molecule has 0 saturated heterocycles. The molecule has 0 aliphatic carbocycles. The molecule has 2 heterocycles. The summed E-state index contributed by atoms with van der Waals surface area (Å²) in [6.07, 6.45) is -8.56. The maximum atomic E-state index is 12.9. The predicted octanol–water partition coefficient (Wildman–Crippen LogP) is 8.16. The zero-order chi connectivity index (χ0) is 33.1. The number of amides is 2. The smallest absolute Gasteiger partial charge is 0.324 e. The van der Waals surface area contributed by atoms with Gasteiger partial charge in [0.15, 0.2) is 16.9 Å². The van der Waals surface area contributed by atoms with E-state index in [2.05, 4.69) is 41.1 Å². The van der Waals surface area contributed by atoms with Crippen molar-refractivity contribution >= 4 is 40.3 Å². The standard InChI is InChI=1S/2C14H13F3N4O.CH4/c2*1-8-7-13(2,21-20-8)12(22)19-9-4-5-11(18-3)10(6-9)14(15,16)17;/h4-6,21H,7H2,1-2H3,(H,19,22);4-6,8H,7H2,1-2H3,(H,19,22);1H4. The van der Waals surface area contributed by atoms with E-state index < -0.39 is 57.7 Å². The Kier molecular flexibility index (Phi) is 10.7. The quantitative estimate of drug-likeness (QED) is 0.232. The summed E-state index contributed by atoms with van der Waals surface area (Å²) >= 11 is 0. The minimum absolute atomic E-state index is 0. The molecular weight excluding hydrogens is 606 g/mol. The second kappa shape index (κ2) is 13.3. The number of anilines is 2. The van der Waals surface area contributed by atoms with Gasteiger partial charge in [-0.1, -0.05) is 19.6 Å². The van der Waals surface area contributed by atoms with Crippen molar-refractivity contribution in [1.82, 2.24) is 5.43 Å². The minimum Gasteiger partial charge on any atom is -0.324 e. The fraction of sp³-hybridized carbons (Fsp3) is 0.414. The first kappa shape index (κ1) is 36.2. The molecule has 2 aromatic carbocycles. The van der Waals surface area contributed by atoms with Crippen LogP contribution in [0, 0.1) is 13.1 Å². The van der Waals surface area contributed by atoms with Gasteiger partial charge < -0.3 is 10.6 Å². The highest BCUT2D eigenvalue weighted by molar-refractivity contribution is 6.03. The van der Waals surface area contributed by atoms with E-state index in [4.69, 9.17) is 13.1 Å². The summed E-state index contributed by atoms with van der Waals surface area (Å²) < 4.78 is 77.4. The lowest BCUT2D eigenvalue weighted by Gasteiger charge is -2.22. The van der Waals surface area contributed by atoms with Crippen molar-refractivity contribution < 1.29 is 35.9 Å². The number of nitrogens with one attached hydrogen (secondary N) is 3. The van der Waals surface area contributed by atoms with Crippen LogP contribution in [0.25, 0.3) is 9.69 Å². The molecule has 10 nitrogen and oxygen atoms in total. The Balaban J connectivity index is 0.000000307. The molecule has 0 aromatic heterocycles. The molecule has 0 saturated carbocycles. The van der Waals surface area contributed by atoms with Gasteiger partial charge in [-0.25, -0.2) is 9.69 Å². The van der Waals surface area contributed by atoms with Gasteiger partial charge >= 0.3 is 12.4 Å². The molecule has 45 heavy (non-hydrogen) atoms. The normalized spacial score (nSPS) is 22.0. The summed E-state index contributed by atoms with van der Waals surface area (Å²) in [7, 11) is 0. The second-order valence-corrected chi connectivity index (χ2v) is 10.6. The van der Waals surface area contributed by atoms with Crippen molar-refractivity contribution in [2.24, 2.45) is 15.3 Å². The molecule has 240 valence electrons. The van der Waals surface area contributed by atoms with Gasteiger partial charge in [-0.15, -0.1) is 0 Å². The Morgan fingerprint density at radius 2 is 1.38 bits per heavy atom. The summed E-state index contributed by atoms with van der Waals surface area (Å²) in [4.78, 5) is 30.1. The Morgan fingerprint density at radius 3 is 1.73 bits per heavy atom. The fourth-order valence-electron chi connectivity index (χ4n) is 4.37. The van der Waals surface area contributed by atoms with Gasteiger partial charge in [0.05, 0.1) is 30.3 Å². The van der Waals surface area contributed by atoms with E-state index in [0.717, 1.165) is 30.0 Å². The maximum Gasteiger partial charge on any atom is 0.407 e. The number of carbonyl (C=O) groups is 2. The number of benzene rings is 2. The van der Waals surface area contributed by atoms with Crippen LogP contribution in [0.5, 0.6) is 0 Å². The van der Waals surface area contributed by atoms with Gasteiger partial charge in [-0.3, -0.25) is 15.0 Å². The van der Waals surface area contributed by atoms with Crippen molar-refractivity contribution in [1.29, 1.82) is 0 Å². The monoisotopic (exact) mass is 636 g/mol. The number of azo groups is 1. The minimum atomic E-state index is -4.66. The van der Waals surface area contributed by atoms with Crippen molar-refractivity contribution in [2.45, 2.75) is 77.4 Å². The highest BCUT2D eigenvalue weighted by Gasteiger charge is 2.40. The number of halogens is 6. The topological polar surface area (TPSA) is 116 Å². The highest BCUT2D eigenvalue weighted by Crippen LogP contribution is 2.39. The third kappa shape index (κ3) is 8.56. The van der Waals surface area contributed by atoms with E-state index in [-0.39, 0.29) is 24.8 Å². The number of hydrogen-bond donors (Lipinski definition) is 3. The van der Waals surface area contributed by atoms with Crippen LogP contribution < -0.4 is 16.1 Å². The number of hydrazone groups is 1. The molecule has 2 aromatic rings. The molecule has 0 spiro atoms. The Hall–Kier alpha value is -4.99. The summed E-state index contributed by atoms with van der Waals surface area (Å²) in [5.74, 6) is -1.01. The largest absolute Gasteiger partial charge is 0.407 e. The lowest BCUT2D eigenvalue weighted by atomic mass is 9.95. The fourth-order valence-corrected chi connectivity index (χ4v) is 4.37. The third-order valence-corrected chi connectivity index (χ3v) is 6.62. The number of alkyl halides is 6. The molecule has 3 unspecified atom stereocenters. The molecular formula is C29H30F6N8O2. The van der Waals surface area contributed by atoms with E-state index in [0.29, 0.717) is 12.8 Å². The SMILES string of the molecule is C.[C-]#[N+]c1ccc(NC(=O)C2(C)CC(C)=NN2)cc1C(F)(F)F.[C-]#[N+]c1ccc(NC(=O)C2(C)CC(C)N=N2)cc1C(F)(F)F. The molecule has 2 aliphatic heterocycles. The van der Waals surface area contributed by atoms with Gasteiger partial charge in [0.1, 0.15) is 5.54 Å². The van der Waals surface area contributed by atoms with Crippen LogP contribution >= 0.6 is 0 Å². The van der Waals surface area contributed by atoms with Crippen LogP contribution in [0.3, 0.4) is 0 Å². The first-order chi connectivity index (χ1) is 20.3. The van der Waals surface area contributed by atoms with Gasteiger partial charge in [0.2, 0.25) is 0 Å². The van der Waals surface area contributed by atoms with Crippen LogP contribution in [0.2, 0.25) is 0 Å². The van der Waals surface area contributed by atoms with E-state index in [1.165, 1.54) is 12.1 Å². The molecule has 0 bridgehead atoms. The Morgan fingerprint density at radius 1 is 0.911 bits per heavy atom. The summed E-state index contributed by atoms with van der Waals surface area (Å²) in [5, 5.41) is 16.5. The van der Waals surface area contributed by atoms with E-state index in [1.54, 1.807) is 27.7 Å². The Labute approximate surface area is 255 Å². The van der Waals surface area contributed by atoms with Gasteiger partial charge in [0, 0.05) is 29.9 Å². The average Bonchev–Trinajstić information content (AvgIpc) is 3.49. The summed E-state index contributed by atoms with van der Waals surface area (Å²) in [5.41, 5.74) is -1.88. The third-order valence-electron chi connectivity index (χ3n) is 6.62. The number of carbonyl (C=O) groups excluding carboxylic acids is 2. The molecule has 16 heteroatoms. The van der Waals surface area contributed by atoms with Crippen LogP contribution in [-0.4, -0.2) is 34.6 Å². The first-order valence-corrected chi connectivity index (χ1v) is 12.8. The maximum absolute atomic E-state index is 12.9. The predicted molar refractivity (Wildman–Crippen MR) is 156 cm³/mol. The lowest BCUT2D eigenvalue weighted by Crippen LogP contribution is -2.47. The molecule has 3 atom stereocenters. The summed E-state index contributed by atoms with van der Waals surface area (Å²) in [6, 6.07) is 6.02. The van der Waals surface area contributed by atoms with Crippen molar-refractivity contribution in [3.8, 4) is 0 Å². The Bertz CT molecular complexity index is 1610. The first-order valence-electron chi connectivity index (χ1n) is 12.8. The molecule has 2 aliphatic rings. The number of hydrogen-bond acceptors (Lipinski definition) is 6. The van der Waals surface area contributed by atoms with Crippen LogP contribution in [0.1, 0.15) is 59.1 Å². The van der Waals surface area contributed by atoms with Gasteiger partial charge in [0.25, 0.3) is 11.8 Å². The lowest BCUT2D eigenvalue weighted by molar-refractivity contribution is -0.137. The van der Waals surface area contributed by atoms with Crippen molar-refractivity contribution in [3.63, 3.8) is 0 Å². The summed E-state index contributed by atoms with van der Waals surface area (Å²) in [6.45, 7) is 20.3. The average molecular weight is 637 g/mol. The van der Waals surface area contributed by atoms with Crippen molar-refractivity contribution in [2.75, 3.05) is 10.6 Å². The molecule has 0 fully saturated rings. The van der Waals surface area contributed by atoms with E-state index >= 15 is 0 Å². The van der Waals surface area contributed by atoms with Crippen LogP contribution in [0.4, 0.5) is 49.1 Å². The highest BCUT2D eigenvalue weighted by atomic mass is 19.4. The zero-order valence-corrected chi connectivity index (χ0v) is 23.8. The molecule has 0 radical (unpaired) electrons. The van der Waals surface area contributed by atoms with Gasteiger partial charge in [-0.05, 0) is 52.0 Å². The van der Waals surface area contributed by atoms with Crippen molar-refractivity contribution in [3.05, 3.63) is 70.4 Å². The molecule has 2 amide bonds. The molecule has 4 rings (SSSR count). The van der Waals surface area contributed by atoms with Crippen LogP contribution in [0.15, 0.2) is 51.7 Å². The van der Waals surface area contributed by atoms with E-state index in [9.17, 15) is 35.9 Å². The van der Waals surface area contributed by atoms with Gasteiger partial charge in [-0.2, -0.15) is 41.7 Å². The van der Waals surface area contributed by atoms with E-state index in [1.807, 2.05) is 0 Å². The molecule has 3 N–H and O–H groups in total.